The van der Waals surface area contributed by atoms with Gasteiger partial charge in [0.05, 0.1) is 22.6 Å². The molecule has 10 heteroatoms. The highest BCUT2D eigenvalue weighted by molar-refractivity contribution is 7.89. The topological polar surface area (TPSA) is 68.3 Å². The highest BCUT2D eigenvalue weighted by Crippen LogP contribution is 2.29. The van der Waals surface area contributed by atoms with E-state index in [9.17, 15) is 26.9 Å². The number of rotatable bonds is 8. The summed E-state index contributed by atoms with van der Waals surface area (Å²) in [6.07, 6.45) is -3.67. The molecular formula is C23H21F4N3O2S. The molecule has 1 amide bonds. The van der Waals surface area contributed by atoms with Crippen molar-refractivity contribution in [1.29, 1.82) is 0 Å². The van der Waals surface area contributed by atoms with Crippen molar-refractivity contribution in [2.45, 2.75) is 24.5 Å². The van der Waals surface area contributed by atoms with E-state index >= 15 is 0 Å². The number of hydrogen-bond acceptors (Lipinski definition) is 4. The number of amides is 1. The zero-order chi connectivity index (χ0) is 24.0. The highest BCUT2D eigenvalue weighted by Gasteiger charge is 2.30. The fourth-order valence-electron chi connectivity index (χ4n) is 2.98. The van der Waals surface area contributed by atoms with Gasteiger partial charge in [-0.15, -0.1) is 4.31 Å². The Balaban J connectivity index is 1.60. The van der Waals surface area contributed by atoms with Crippen LogP contribution in [0.5, 0.6) is 0 Å². The van der Waals surface area contributed by atoms with Crippen LogP contribution in [0.25, 0.3) is 11.3 Å². The van der Waals surface area contributed by atoms with Gasteiger partial charge in [-0.3, -0.25) is 9.78 Å². The first-order valence-electron chi connectivity index (χ1n) is 9.99. The van der Waals surface area contributed by atoms with Crippen LogP contribution >= 0.6 is 0 Å². The Morgan fingerprint density at radius 3 is 2.45 bits per heavy atom. The Kier molecular flexibility index (Phi) is 8.06. The van der Waals surface area contributed by atoms with Crippen LogP contribution in [0.2, 0.25) is 0 Å². The predicted octanol–water partition coefficient (Wildman–Crippen LogP) is 4.57. The van der Waals surface area contributed by atoms with Gasteiger partial charge in [0.15, 0.2) is 4.90 Å². The van der Waals surface area contributed by atoms with Gasteiger partial charge in [0.2, 0.25) is 5.91 Å². The lowest BCUT2D eigenvalue weighted by atomic mass is 10.1. The molecule has 0 aliphatic heterocycles. The van der Waals surface area contributed by atoms with Gasteiger partial charge >= 0.3 is 6.18 Å². The van der Waals surface area contributed by atoms with E-state index in [0.29, 0.717) is 22.7 Å². The largest absolute Gasteiger partial charge is 0.593 e. The average Bonchev–Trinajstić information content (AvgIpc) is 2.81. The molecular weight excluding hydrogens is 458 g/mol. The minimum Gasteiger partial charge on any atom is -0.593 e. The van der Waals surface area contributed by atoms with E-state index in [0.717, 1.165) is 17.8 Å². The predicted molar refractivity (Wildman–Crippen MR) is 117 cm³/mol. The number of carbonyl (C=O) groups is 1. The summed E-state index contributed by atoms with van der Waals surface area (Å²) in [5.74, 6) is -0.796. The summed E-state index contributed by atoms with van der Waals surface area (Å²) in [6, 6.07) is 14.4. The van der Waals surface area contributed by atoms with Crippen molar-refractivity contribution in [3.63, 3.8) is 0 Å². The van der Waals surface area contributed by atoms with Gasteiger partial charge in [-0.1, -0.05) is 18.2 Å². The monoisotopic (exact) mass is 479 g/mol. The van der Waals surface area contributed by atoms with Crippen molar-refractivity contribution in [2.75, 3.05) is 13.1 Å². The molecule has 33 heavy (non-hydrogen) atoms. The molecule has 1 heterocycles. The number of likely N-dealkylation sites (N-methyl/N-ethyl adjacent to an activating group) is 1. The van der Waals surface area contributed by atoms with Gasteiger partial charge in [-0.2, -0.15) is 13.2 Å². The van der Waals surface area contributed by atoms with E-state index in [1.807, 2.05) is 0 Å². The maximum atomic E-state index is 13.1. The van der Waals surface area contributed by atoms with Crippen LogP contribution in [0, 0.1) is 5.82 Å². The second-order valence-electron chi connectivity index (χ2n) is 7.07. The second kappa shape index (κ2) is 10.8. The molecule has 3 aromatic rings. The number of halogens is 4. The van der Waals surface area contributed by atoms with Crippen molar-refractivity contribution < 1.29 is 26.9 Å². The molecule has 1 N–H and O–H groups in total. The fourth-order valence-corrected chi connectivity index (χ4v) is 4.11. The smallest absolute Gasteiger partial charge is 0.417 e. The van der Waals surface area contributed by atoms with Crippen LogP contribution in [0.1, 0.15) is 18.1 Å². The van der Waals surface area contributed by atoms with Gasteiger partial charge in [0.25, 0.3) is 0 Å². The molecule has 0 saturated carbocycles. The SMILES string of the molecule is CCN(CC(=O)NCc1cccc(-c2ccc(C(F)(F)F)cn2)c1)[S+]([O-])c1ccc(F)cc1. The summed E-state index contributed by atoms with van der Waals surface area (Å²) in [5.41, 5.74) is 0.893. The standard InChI is InChI=1S/C23H21F4N3O2S/c1-2-30(33(32)20-9-7-19(24)8-10-20)15-22(31)29-13-16-4-3-5-17(12-16)21-11-6-18(14-28-21)23(25,26)27/h3-12,14H,2,13,15H2,1H3,(H,29,31). The van der Waals surface area contributed by atoms with Crippen LogP contribution < -0.4 is 5.32 Å². The van der Waals surface area contributed by atoms with E-state index in [1.54, 1.807) is 31.2 Å². The first-order chi connectivity index (χ1) is 15.7. The third-order valence-electron chi connectivity index (χ3n) is 4.73. The second-order valence-corrected chi connectivity index (χ2v) is 8.55. The summed E-state index contributed by atoms with van der Waals surface area (Å²) in [6.45, 7) is 2.15. The third kappa shape index (κ3) is 6.77. The molecule has 0 aliphatic rings. The van der Waals surface area contributed by atoms with Crippen LogP contribution in [-0.4, -0.2) is 32.8 Å². The number of benzene rings is 2. The summed E-state index contributed by atoms with van der Waals surface area (Å²) in [7, 11) is 0. The Bertz CT molecular complexity index is 1080. The molecule has 1 atom stereocenters. The van der Waals surface area contributed by atoms with Gasteiger partial charge in [0.1, 0.15) is 12.4 Å². The molecule has 0 radical (unpaired) electrons. The Morgan fingerprint density at radius 2 is 1.85 bits per heavy atom. The quantitative estimate of drug-likeness (QED) is 0.380. The minimum atomic E-state index is -4.45. The lowest BCUT2D eigenvalue weighted by Crippen LogP contribution is -2.40. The number of pyridine rings is 1. The molecule has 0 aliphatic carbocycles. The van der Waals surface area contributed by atoms with Gasteiger partial charge in [-0.05, 0) is 55.0 Å². The molecule has 0 bridgehead atoms. The number of carbonyl (C=O) groups excluding carboxylic acids is 1. The van der Waals surface area contributed by atoms with Gasteiger partial charge in [-0.25, -0.2) is 4.39 Å². The first-order valence-corrected chi connectivity index (χ1v) is 11.1. The lowest BCUT2D eigenvalue weighted by molar-refractivity contribution is -0.137. The Labute approximate surface area is 191 Å². The van der Waals surface area contributed by atoms with E-state index in [2.05, 4.69) is 10.3 Å². The molecule has 2 aromatic carbocycles. The highest BCUT2D eigenvalue weighted by atomic mass is 32.2. The van der Waals surface area contributed by atoms with Crippen LogP contribution in [0.4, 0.5) is 17.6 Å². The van der Waals surface area contributed by atoms with Crippen molar-refractivity contribution in [3.05, 3.63) is 83.8 Å². The molecule has 0 fully saturated rings. The minimum absolute atomic E-state index is 0.124. The molecule has 0 saturated heterocycles. The lowest BCUT2D eigenvalue weighted by Gasteiger charge is -2.22. The molecule has 1 aromatic heterocycles. The molecule has 3 rings (SSSR count). The molecule has 0 spiro atoms. The van der Waals surface area contributed by atoms with Gasteiger partial charge < -0.3 is 9.87 Å². The maximum Gasteiger partial charge on any atom is 0.417 e. The normalized spacial score (nSPS) is 12.6. The molecule has 5 nitrogen and oxygen atoms in total. The van der Waals surface area contributed by atoms with E-state index in [4.69, 9.17) is 0 Å². The van der Waals surface area contributed by atoms with Crippen molar-refractivity contribution in [2.24, 2.45) is 0 Å². The number of aromatic nitrogens is 1. The summed E-state index contributed by atoms with van der Waals surface area (Å²) >= 11 is -1.62. The molecule has 174 valence electrons. The van der Waals surface area contributed by atoms with Crippen molar-refractivity contribution in [1.82, 2.24) is 14.6 Å². The van der Waals surface area contributed by atoms with Crippen molar-refractivity contribution >= 4 is 17.3 Å². The Hall–Kier alpha value is -2.95. The first kappa shape index (κ1) is 24.7. The van der Waals surface area contributed by atoms with E-state index in [-0.39, 0.29) is 19.0 Å². The maximum absolute atomic E-state index is 13.1. The summed E-state index contributed by atoms with van der Waals surface area (Å²) in [5, 5.41) is 2.74. The van der Waals surface area contributed by atoms with Crippen LogP contribution in [-0.2, 0) is 28.9 Å². The van der Waals surface area contributed by atoms with Crippen molar-refractivity contribution in [3.8, 4) is 11.3 Å². The fraction of sp³-hybridized carbons (Fsp3) is 0.217. The van der Waals surface area contributed by atoms with E-state index in [1.165, 1.54) is 34.6 Å². The number of nitrogens with zero attached hydrogens (tertiary/aromatic N) is 2. The average molecular weight is 479 g/mol. The zero-order valence-electron chi connectivity index (χ0n) is 17.6. The van der Waals surface area contributed by atoms with E-state index < -0.39 is 28.9 Å². The molecule has 1 unspecified atom stereocenters. The summed E-state index contributed by atoms with van der Waals surface area (Å²) < 4.78 is 65.3. The zero-order valence-corrected chi connectivity index (χ0v) is 18.4. The Morgan fingerprint density at radius 1 is 1.12 bits per heavy atom. The third-order valence-corrected chi connectivity index (χ3v) is 6.26. The summed E-state index contributed by atoms with van der Waals surface area (Å²) in [4.78, 5) is 16.7. The van der Waals surface area contributed by atoms with Crippen LogP contribution in [0.3, 0.4) is 0 Å². The number of hydrogen-bond donors (Lipinski definition) is 1. The van der Waals surface area contributed by atoms with Gasteiger partial charge in [0, 0.05) is 24.8 Å². The number of nitrogens with one attached hydrogen (secondary N) is 1. The number of alkyl halides is 3. The van der Waals surface area contributed by atoms with Crippen LogP contribution in [0.15, 0.2) is 71.8 Å².